The quantitative estimate of drug-likeness (QED) is 0.303. The average molecular weight is 420 g/mol. The van der Waals surface area contributed by atoms with Gasteiger partial charge in [-0.05, 0) is 24.3 Å². The van der Waals surface area contributed by atoms with Crippen LogP contribution in [0, 0.1) is 28.5 Å². The second-order valence-electron chi connectivity index (χ2n) is 6.89. The number of nitrogens with zero attached hydrogens (tertiary/aromatic N) is 2. The summed E-state index contributed by atoms with van der Waals surface area (Å²) in [6.45, 7) is 0. The first-order valence-electron chi connectivity index (χ1n) is 9.68. The molecular weight excluding hydrogens is 407 g/mol. The summed E-state index contributed by atoms with van der Waals surface area (Å²) in [5.74, 6) is -1.00. The van der Waals surface area contributed by atoms with Crippen molar-refractivity contribution in [3.8, 4) is 23.6 Å². The van der Waals surface area contributed by atoms with E-state index in [1.165, 1.54) is 0 Å². The third kappa shape index (κ3) is 3.08. The lowest BCUT2D eigenvalue weighted by Gasteiger charge is -2.12. The summed E-state index contributed by atoms with van der Waals surface area (Å²) in [7, 11) is 0. The summed E-state index contributed by atoms with van der Waals surface area (Å²) < 4.78 is 33.5. The molecule has 0 saturated carbocycles. The first kappa shape index (κ1) is 19.2. The fourth-order valence-corrected chi connectivity index (χ4v) is 3.53. The molecule has 0 aliphatic heterocycles. The van der Waals surface area contributed by atoms with E-state index in [1.807, 2.05) is 30.3 Å². The number of para-hydroxylation sites is 3. The summed E-state index contributed by atoms with van der Waals surface area (Å²) >= 11 is 0. The predicted molar refractivity (Wildman–Crippen MR) is 117 cm³/mol. The lowest BCUT2D eigenvalue weighted by atomic mass is 10.1. The van der Waals surface area contributed by atoms with Gasteiger partial charge in [0.1, 0.15) is 40.2 Å². The Hall–Kier alpha value is -4.81. The number of benzene rings is 4. The number of hydrogen-bond donors (Lipinski definition) is 0. The fraction of sp³-hybridized carbons (Fsp3) is 0. The largest absolute Gasteiger partial charge is 0.451 e. The third-order valence-corrected chi connectivity index (χ3v) is 4.98. The third-order valence-electron chi connectivity index (χ3n) is 4.98. The summed E-state index contributed by atoms with van der Waals surface area (Å²) in [4.78, 5) is 0. The number of hydrogen-bond acceptors (Lipinski definition) is 5. The van der Waals surface area contributed by atoms with Gasteiger partial charge in [-0.3, -0.25) is 0 Å². The Kier molecular flexibility index (Phi) is 4.67. The van der Waals surface area contributed by atoms with E-state index in [0.717, 1.165) is 10.8 Å². The van der Waals surface area contributed by atoms with Crippen molar-refractivity contribution in [3.05, 3.63) is 95.8 Å². The molecule has 0 fully saturated rings. The van der Waals surface area contributed by atoms with Crippen molar-refractivity contribution in [1.82, 2.24) is 0 Å². The minimum absolute atomic E-state index is 0.0849. The number of ether oxygens (including phenoxy) is 1. The predicted octanol–water partition coefficient (Wildman–Crippen LogP) is 7.13. The standard InChI is InChI=1S/C26H13FN2O3/c27-23-19(14-28)20(15-29)24-26(25(23)30-16-8-2-1-3-9-16)32-22-13-7-5-11-18(22)17-10-4-6-12-21(17)31-24/h1-13H. The minimum atomic E-state index is -0.999. The van der Waals surface area contributed by atoms with Gasteiger partial charge in [0.15, 0.2) is 11.4 Å². The molecule has 0 bridgehead atoms. The number of nitriles is 2. The van der Waals surface area contributed by atoms with Crippen LogP contribution in [0.4, 0.5) is 4.39 Å². The topological polar surface area (TPSA) is 83.1 Å². The highest BCUT2D eigenvalue weighted by Gasteiger charge is 2.25. The first-order chi connectivity index (χ1) is 15.7. The van der Waals surface area contributed by atoms with Gasteiger partial charge in [-0.2, -0.15) is 10.5 Å². The average Bonchev–Trinajstić information content (AvgIpc) is 2.83. The minimum Gasteiger partial charge on any atom is -0.451 e. The Morgan fingerprint density at radius 3 is 1.78 bits per heavy atom. The smallest absolute Gasteiger partial charge is 0.216 e. The lowest BCUT2D eigenvalue weighted by Crippen LogP contribution is -1.98. The van der Waals surface area contributed by atoms with Crippen molar-refractivity contribution >= 4 is 33.1 Å². The van der Waals surface area contributed by atoms with Gasteiger partial charge in [0, 0.05) is 10.8 Å². The van der Waals surface area contributed by atoms with E-state index >= 15 is 4.39 Å². The molecule has 152 valence electrons. The van der Waals surface area contributed by atoms with E-state index in [0.29, 0.717) is 16.9 Å². The molecule has 0 aliphatic carbocycles. The lowest BCUT2D eigenvalue weighted by molar-refractivity contribution is 0.434. The Balaban J connectivity index is 2.04. The van der Waals surface area contributed by atoms with Gasteiger partial charge in [0.25, 0.3) is 0 Å². The summed E-state index contributed by atoms with van der Waals surface area (Å²) in [6.07, 6.45) is 0. The second-order valence-corrected chi connectivity index (χ2v) is 6.89. The fourth-order valence-electron chi connectivity index (χ4n) is 3.53. The summed E-state index contributed by atoms with van der Waals surface area (Å²) in [5.41, 5.74) is -0.0959. The van der Waals surface area contributed by atoms with Gasteiger partial charge in [-0.15, -0.1) is 0 Å². The van der Waals surface area contributed by atoms with Crippen LogP contribution in [-0.4, -0.2) is 0 Å². The van der Waals surface area contributed by atoms with Gasteiger partial charge in [0.2, 0.25) is 11.3 Å². The van der Waals surface area contributed by atoms with Crippen LogP contribution >= 0.6 is 0 Å². The normalized spacial score (nSPS) is 10.6. The Morgan fingerprint density at radius 2 is 1.19 bits per heavy atom. The maximum Gasteiger partial charge on any atom is 0.216 e. The van der Waals surface area contributed by atoms with Gasteiger partial charge in [-0.25, -0.2) is 4.39 Å². The van der Waals surface area contributed by atoms with Crippen LogP contribution in [0.2, 0.25) is 0 Å². The molecule has 1 aromatic heterocycles. The molecule has 5 nitrogen and oxygen atoms in total. The van der Waals surface area contributed by atoms with Crippen LogP contribution < -0.4 is 4.74 Å². The highest BCUT2D eigenvalue weighted by Crippen LogP contribution is 2.39. The zero-order valence-electron chi connectivity index (χ0n) is 16.5. The van der Waals surface area contributed by atoms with Crippen molar-refractivity contribution in [3.63, 3.8) is 0 Å². The number of rotatable bonds is 2. The maximum atomic E-state index is 15.5. The molecule has 0 aliphatic rings. The molecule has 6 heteroatoms. The van der Waals surface area contributed by atoms with E-state index in [2.05, 4.69) is 0 Å². The highest BCUT2D eigenvalue weighted by atomic mass is 19.1. The number of halogens is 1. The van der Waals surface area contributed by atoms with Gasteiger partial charge < -0.3 is 13.6 Å². The van der Waals surface area contributed by atoms with Crippen LogP contribution in [0.5, 0.6) is 11.5 Å². The van der Waals surface area contributed by atoms with Crippen molar-refractivity contribution in [2.45, 2.75) is 0 Å². The van der Waals surface area contributed by atoms with Crippen LogP contribution in [0.15, 0.2) is 87.7 Å². The molecule has 4 aromatic carbocycles. The Bertz CT molecular complexity index is 1640. The molecule has 0 atom stereocenters. The zero-order valence-corrected chi connectivity index (χ0v) is 16.5. The van der Waals surface area contributed by atoms with E-state index in [-0.39, 0.29) is 22.5 Å². The van der Waals surface area contributed by atoms with Gasteiger partial charge in [0.05, 0.1) is 0 Å². The van der Waals surface area contributed by atoms with E-state index in [4.69, 9.17) is 13.6 Å². The summed E-state index contributed by atoms with van der Waals surface area (Å²) in [6, 6.07) is 26.6. The van der Waals surface area contributed by atoms with Crippen LogP contribution in [-0.2, 0) is 0 Å². The second kappa shape index (κ2) is 7.79. The molecule has 5 rings (SSSR count). The molecule has 0 unspecified atom stereocenters. The highest BCUT2D eigenvalue weighted by molar-refractivity contribution is 6.03. The van der Waals surface area contributed by atoms with Crippen LogP contribution in [0.25, 0.3) is 33.1 Å². The molecule has 0 amide bonds. The molecule has 1 heterocycles. The molecule has 0 spiro atoms. The molecule has 0 saturated heterocycles. The van der Waals surface area contributed by atoms with Crippen molar-refractivity contribution in [2.75, 3.05) is 0 Å². The van der Waals surface area contributed by atoms with Crippen LogP contribution in [0.1, 0.15) is 11.1 Å². The molecule has 32 heavy (non-hydrogen) atoms. The van der Waals surface area contributed by atoms with E-state index in [1.54, 1.807) is 60.7 Å². The Labute approximate surface area is 181 Å². The Morgan fingerprint density at radius 1 is 0.656 bits per heavy atom. The number of fused-ring (bicyclic) bond motifs is 4. The van der Waals surface area contributed by atoms with Crippen molar-refractivity contribution in [1.29, 1.82) is 10.5 Å². The maximum absolute atomic E-state index is 15.5. The monoisotopic (exact) mass is 420 g/mol. The van der Waals surface area contributed by atoms with Crippen LogP contribution in [0.3, 0.4) is 0 Å². The van der Waals surface area contributed by atoms with Gasteiger partial charge >= 0.3 is 0 Å². The van der Waals surface area contributed by atoms with E-state index < -0.39 is 11.4 Å². The van der Waals surface area contributed by atoms with Crippen molar-refractivity contribution < 1.29 is 18.0 Å². The van der Waals surface area contributed by atoms with E-state index in [9.17, 15) is 10.5 Å². The molecule has 0 N–H and O–H groups in total. The molecule has 5 aromatic rings. The van der Waals surface area contributed by atoms with Gasteiger partial charge in [-0.1, -0.05) is 54.6 Å². The molecular formula is C26H13FN2O3. The zero-order chi connectivity index (χ0) is 22.1. The summed E-state index contributed by atoms with van der Waals surface area (Å²) in [5, 5.41) is 20.8. The first-order valence-corrected chi connectivity index (χ1v) is 9.68. The van der Waals surface area contributed by atoms with Crippen molar-refractivity contribution in [2.24, 2.45) is 0 Å². The SMILES string of the molecule is N#Cc1c(F)c(Oc2ccccc2)c2oc3ccccc3c3ccccc3oc2c1C#N. The molecule has 0 radical (unpaired) electrons.